The SMILES string of the molecule is CC(C)C(C)c1cnc(CNC2CC2)o1. The molecule has 1 atom stereocenters. The fraction of sp³-hybridized carbons (Fsp3) is 0.750. The maximum Gasteiger partial charge on any atom is 0.208 e. The lowest BCUT2D eigenvalue weighted by Gasteiger charge is -2.11. The first-order chi connectivity index (χ1) is 7.16. The zero-order valence-electron chi connectivity index (χ0n) is 9.79. The van der Waals surface area contributed by atoms with Gasteiger partial charge in [-0.2, -0.15) is 0 Å². The number of hydrogen-bond donors (Lipinski definition) is 1. The molecule has 1 fully saturated rings. The lowest BCUT2D eigenvalue weighted by Crippen LogP contribution is -2.15. The number of oxazole rings is 1. The van der Waals surface area contributed by atoms with E-state index in [-0.39, 0.29) is 0 Å². The zero-order chi connectivity index (χ0) is 10.8. The van der Waals surface area contributed by atoms with Crippen molar-refractivity contribution in [3.05, 3.63) is 17.8 Å². The van der Waals surface area contributed by atoms with Gasteiger partial charge in [-0.3, -0.25) is 0 Å². The van der Waals surface area contributed by atoms with E-state index in [1.54, 1.807) is 0 Å². The Balaban J connectivity index is 1.90. The van der Waals surface area contributed by atoms with Gasteiger partial charge in [0.25, 0.3) is 0 Å². The van der Waals surface area contributed by atoms with Crippen LogP contribution < -0.4 is 5.32 Å². The summed E-state index contributed by atoms with van der Waals surface area (Å²) in [6.07, 6.45) is 4.47. The molecule has 0 amide bonds. The quantitative estimate of drug-likeness (QED) is 0.808. The molecule has 1 aliphatic rings. The predicted octanol–water partition coefficient (Wildman–Crippen LogP) is 2.69. The third-order valence-electron chi connectivity index (χ3n) is 3.14. The molecule has 0 bridgehead atoms. The van der Waals surface area contributed by atoms with Crippen molar-refractivity contribution in [3.63, 3.8) is 0 Å². The Kier molecular flexibility index (Phi) is 3.10. The minimum atomic E-state index is 0.451. The molecule has 1 N–H and O–H groups in total. The molecule has 3 heteroatoms. The minimum Gasteiger partial charge on any atom is -0.444 e. The van der Waals surface area contributed by atoms with E-state index >= 15 is 0 Å². The Morgan fingerprint density at radius 3 is 2.80 bits per heavy atom. The van der Waals surface area contributed by atoms with E-state index in [2.05, 4.69) is 31.1 Å². The zero-order valence-corrected chi connectivity index (χ0v) is 9.79. The van der Waals surface area contributed by atoms with Gasteiger partial charge in [0.15, 0.2) is 0 Å². The van der Waals surface area contributed by atoms with Crippen molar-refractivity contribution in [2.75, 3.05) is 0 Å². The highest BCUT2D eigenvalue weighted by atomic mass is 16.4. The summed E-state index contributed by atoms with van der Waals surface area (Å²) in [6, 6.07) is 0.711. The fourth-order valence-corrected chi connectivity index (χ4v) is 1.46. The summed E-state index contributed by atoms with van der Waals surface area (Å²) in [5.41, 5.74) is 0. The van der Waals surface area contributed by atoms with Gasteiger partial charge in [0.05, 0.1) is 12.7 Å². The van der Waals surface area contributed by atoms with Crippen molar-refractivity contribution in [1.29, 1.82) is 0 Å². The smallest absolute Gasteiger partial charge is 0.208 e. The second-order valence-electron chi connectivity index (χ2n) is 4.84. The third kappa shape index (κ3) is 2.81. The average Bonchev–Trinajstić information content (AvgIpc) is 2.92. The highest BCUT2D eigenvalue weighted by Gasteiger charge is 2.21. The van der Waals surface area contributed by atoms with E-state index in [4.69, 9.17) is 4.42 Å². The average molecular weight is 208 g/mol. The van der Waals surface area contributed by atoms with Gasteiger partial charge >= 0.3 is 0 Å². The monoisotopic (exact) mass is 208 g/mol. The predicted molar refractivity (Wildman–Crippen MR) is 59.6 cm³/mol. The molecule has 2 rings (SSSR count). The Hall–Kier alpha value is -0.830. The Morgan fingerprint density at radius 2 is 2.20 bits per heavy atom. The van der Waals surface area contributed by atoms with E-state index in [0.29, 0.717) is 17.9 Å². The molecule has 1 aliphatic carbocycles. The van der Waals surface area contributed by atoms with Crippen LogP contribution in [0.15, 0.2) is 10.6 Å². The van der Waals surface area contributed by atoms with Crippen LogP contribution in [-0.4, -0.2) is 11.0 Å². The molecule has 1 aromatic rings. The summed E-state index contributed by atoms with van der Waals surface area (Å²) in [4.78, 5) is 4.29. The van der Waals surface area contributed by atoms with E-state index < -0.39 is 0 Å². The molecule has 1 unspecified atom stereocenters. The summed E-state index contributed by atoms with van der Waals surface area (Å²) in [6.45, 7) is 7.36. The topological polar surface area (TPSA) is 38.1 Å². The van der Waals surface area contributed by atoms with Gasteiger partial charge < -0.3 is 9.73 Å². The van der Waals surface area contributed by atoms with Gasteiger partial charge in [0.1, 0.15) is 5.76 Å². The van der Waals surface area contributed by atoms with Crippen LogP contribution in [0, 0.1) is 5.92 Å². The molecule has 0 aromatic carbocycles. The highest BCUT2D eigenvalue weighted by Crippen LogP contribution is 2.24. The number of nitrogens with zero attached hydrogens (tertiary/aromatic N) is 1. The van der Waals surface area contributed by atoms with E-state index in [1.165, 1.54) is 12.8 Å². The van der Waals surface area contributed by atoms with Crippen molar-refractivity contribution in [3.8, 4) is 0 Å². The first-order valence-electron chi connectivity index (χ1n) is 5.85. The van der Waals surface area contributed by atoms with Crippen LogP contribution in [0.25, 0.3) is 0 Å². The van der Waals surface area contributed by atoms with Crippen LogP contribution in [0.1, 0.15) is 51.2 Å². The molecule has 1 aromatic heterocycles. The van der Waals surface area contributed by atoms with E-state index in [9.17, 15) is 0 Å². The molecule has 1 heterocycles. The summed E-state index contributed by atoms with van der Waals surface area (Å²) in [5, 5.41) is 3.40. The van der Waals surface area contributed by atoms with Crippen molar-refractivity contribution in [2.24, 2.45) is 5.92 Å². The summed E-state index contributed by atoms with van der Waals surface area (Å²) < 4.78 is 5.71. The van der Waals surface area contributed by atoms with Crippen molar-refractivity contribution >= 4 is 0 Å². The number of nitrogens with one attached hydrogen (secondary N) is 1. The summed E-state index contributed by atoms with van der Waals surface area (Å²) >= 11 is 0. The molecular weight excluding hydrogens is 188 g/mol. The molecule has 0 saturated heterocycles. The first-order valence-corrected chi connectivity index (χ1v) is 5.85. The number of hydrogen-bond acceptors (Lipinski definition) is 3. The Bertz CT molecular complexity index is 315. The van der Waals surface area contributed by atoms with Crippen molar-refractivity contribution in [1.82, 2.24) is 10.3 Å². The summed E-state index contributed by atoms with van der Waals surface area (Å²) in [7, 11) is 0. The van der Waals surface area contributed by atoms with Gasteiger partial charge in [-0.15, -0.1) is 0 Å². The van der Waals surface area contributed by atoms with Crippen LogP contribution in [0.4, 0.5) is 0 Å². The Labute approximate surface area is 91.3 Å². The van der Waals surface area contributed by atoms with Gasteiger partial charge in [-0.25, -0.2) is 4.98 Å². The van der Waals surface area contributed by atoms with E-state index in [0.717, 1.165) is 18.2 Å². The number of rotatable bonds is 5. The maximum absolute atomic E-state index is 5.71. The second kappa shape index (κ2) is 4.35. The highest BCUT2D eigenvalue weighted by molar-refractivity contribution is 5.01. The van der Waals surface area contributed by atoms with Crippen LogP contribution >= 0.6 is 0 Å². The molecule has 0 radical (unpaired) electrons. The molecule has 15 heavy (non-hydrogen) atoms. The molecule has 0 aliphatic heterocycles. The summed E-state index contributed by atoms with van der Waals surface area (Å²) in [5.74, 6) is 2.89. The normalized spacial score (nSPS) is 18.4. The van der Waals surface area contributed by atoms with Crippen LogP contribution in [-0.2, 0) is 6.54 Å². The second-order valence-corrected chi connectivity index (χ2v) is 4.84. The van der Waals surface area contributed by atoms with Crippen molar-refractivity contribution in [2.45, 2.75) is 52.1 Å². The maximum atomic E-state index is 5.71. The molecule has 84 valence electrons. The fourth-order valence-electron chi connectivity index (χ4n) is 1.46. The molecular formula is C12H20N2O. The number of aromatic nitrogens is 1. The lowest BCUT2D eigenvalue weighted by atomic mass is 9.96. The van der Waals surface area contributed by atoms with Gasteiger partial charge in [-0.1, -0.05) is 20.8 Å². The van der Waals surface area contributed by atoms with Crippen molar-refractivity contribution < 1.29 is 4.42 Å². The minimum absolute atomic E-state index is 0.451. The largest absolute Gasteiger partial charge is 0.444 e. The van der Waals surface area contributed by atoms with Crippen LogP contribution in [0.5, 0.6) is 0 Å². The molecule has 0 spiro atoms. The van der Waals surface area contributed by atoms with Gasteiger partial charge in [-0.05, 0) is 18.8 Å². The molecule has 1 saturated carbocycles. The first kappa shape index (κ1) is 10.7. The molecule has 3 nitrogen and oxygen atoms in total. The standard InChI is InChI=1S/C12H20N2O/c1-8(2)9(3)11-6-14-12(15-11)7-13-10-4-5-10/h6,8-10,13H,4-5,7H2,1-3H3. The van der Waals surface area contributed by atoms with Crippen LogP contribution in [0.3, 0.4) is 0 Å². The van der Waals surface area contributed by atoms with Crippen LogP contribution in [0.2, 0.25) is 0 Å². The lowest BCUT2D eigenvalue weighted by molar-refractivity contribution is 0.381. The van der Waals surface area contributed by atoms with Gasteiger partial charge in [0, 0.05) is 12.0 Å². The Morgan fingerprint density at radius 1 is 1.47 bits per heavy atom. The van der Waals surface area contributed by atoms with E-state index in [1.807, 2.05) is 6.20 Å². The van der Waals surface area contributed by atoms with Gasteiger partial charge in [0.2, 0.25) is 5.89 Å². The third-order valence-corrected chi connectivity index (χ3v) is 3.14.